The SMILES string of the molecule is C#CCCCCC(=O)Nc1cc(S(N)(=O)=O)ccc1F. The van der Waals surface area contributed by atoms with Crippen LogP contribution in [0.5, 0.6) is 0 Å². The summed E-state index contributed by atoms with van der Waals surface area (Å²) in [5.74, 6) is 1.31. The van der Waals surface area contributed by atoms with Gasteiger partial charge in [0, 0.05) is 12.8 Å². The van der Waals surface area contributed by atoms with Crippen molar-refractivity contribution in [1.82, 2.24) is 0 Å². The van der Waals surface area contributed by atoms with E-state index >= 15 is 0 Å². The standard InChI is InChI=1S/C13H15FN2O3S/c1-2-3-4-5-6-13(17)16-12-9-10(20(15,18)19)7-8-11(12)14/h1,7-9H,3-6H2,(H,16,17)(H2,15,18,19). The van der Waals surface area contributed by atoms with E-state index in [2.05, 4.69) is 11.2 Å². The van der Waals surface area contributed by atoms with Gasteiger partial charge < -0.3 is 5.32 Å². The zero-order chi connectivity index (χ0) is 15.2. The number of carbonyl (C=O) groups is 1. The van der Waals surface area contributed by atoms with Gasteiger partial charge in [-0.15, -0.1) is 12.3 Å². The van der Waals surface area contributed by atoms with E-state index in [1.807, 2.05) is 0 Å². The van der Waals surface area contributed by atoms with Crippen LogP contribution in [0.1, 0.15) is 25.7 Å². The average Bonchev–Trinajstić information content (AvgIpc) is 2.36. The lowest BCUT2D eigenvalue weighted by Crippen LogP contribution is -2.15. The van der Waals surface area contributed by atoms with Crippen LogP contribution in [0, 0.1) is 18.2 Å². The lowest BCUT2D eigenvalue weighted by molar-refractivity contribution is -0.116. The van der Waals surface area contributed by atoms with Gasteiger partial charge in [-0.2, -0.15) is 0 Å². The van der Waals surface area contributed by atoms with E-state index in [1.54, 1.807) is 0 Å². The summed E-state index contributed by atoms with van der Waals surface area (Å²) in [5, 5.41) is 7.25. The molecule has 5 nitrogen and oxygen atoms in total. The number of anilines is 1. The van der Waals surface area contributed by atoms with Gasteiger partial charge in [-0.3, -0.25) is 4.79 Å². The molecule has 1 aromatic carbocycles. The second-order valence-electron chi connectivity index (χ2n) is 4.15. The molecule has 7 heteroatoms. The van der Waals surface area contributed by atoms with Gasteiger partial charge in [-0.25, -0.2) is 17.9 Å². The monoisotopic (exact) mass is 298 g/mol. The van der Waals surface area contributed by atoms with Crippen LogP contribution in [0.4, 0.5) is 10.1 Å². The third kappa shape index (κ3) is 4.99. The van der Waals surface area contributed by atoms with Crippen LogP contribution in [0.15, 0.2) is 23.1 Å². The van der Waals surface area contributed by atoms with Gasteiger partial charge in [0.2, 0.25) is 15.9 Å². The third-order valence-corrected chi connectivity index (χ3v) is 3.43. The van der Waals surface area contributed by atoms with Crippen LogP contribution in [-0.4, -0.2) is 14.3 Å². The number of rotatable bonds is 6. The number of benzene rings is 1. The van der Waals surface area contributed by atoms with Crippen molar-refractivity contribution in [3.05, 3.63) is 24.0 Å². The van der Waals surface area contributed by atoms with Crippen molar-refractivity contribution in [3.8, 4) is 12.3 Å². The van der Waals surface area contributed by atoms with Gasteiger partial charge >= 0.3 is 0 Å². The van der Waals surface area contributed by atoms with Gasteiger partial charge in [0.1, 0.15) is 5.82 Å². The molecular weight excluding hydrogens is 283 g/mol. The van der Waals surface area contributed by atoms with Crippen molar-refractivity contribution >= 4 is 21.6 Å². The minimum Gasteiger partial charge on any atom is -0.324 e. The fourth-order valence-corrected chi connectivity index (χ4v) is 2.04. The van der Waals surface area contributed by atoms with E-state index in [0.29, 0.717) is 19.3 Å². The summed E-state index contributed by atoms with van der Waals surface area (Å²) in [6, 6.07) is 2.96. The quantitative estimate of drug-likeness (QED) is 0.617. The summed E-state index contributed by atoms with van der Waals surface area (Å²) in [5.41, 5.74) is -0.210. The van der Waals surface area contributed by atoms with E-state index in [9.17, 15) is 17.6 Å². The highest BCUT2D eigenvalue weighted by molar-refractivity contribution is 7.89. The molecule has 0 radical (unpaired) electrons. The molecule has 0 bridgehead atoms. The maximum absolute atomic E-state index is 13.5. The number of terminal acetylenes is 1. The number of sulfonamides is 1. The normalized spacial score (nSPS) is 10.8. The zero-order valence-corrected chi connectivity index (χ0v) is 11.5. The van der Waals surface area contributed by atoms with Crippen LogP contribution >= 0.6 is 0 Å². The predicted octanol–water partition coefficient (Wildman–Crippen LogP) is 1.61. The molecular formula is C13H15FN2O3S. The number of unbranched alkanes of at least 4 members (excludes halogenated alkanes) is 2. The predicted molar refractivity (Wildman–Crippen MR) is 73.7 cm³/mol. The summed E-state index contributed by atoms with van der Waals surface area (Å²) >= 11 is 0. The first-order valence-electron chi connectivity index (χ1n) is 5.90. The van der Waals surface area contributed by atoms with Gasteiger partial charge in [-0.1, -0.05) is 0 Å². The molecule has 0 fully saturated rings. The highest BCUT2D eigenvalue weighted by Crippen LogP contribution is 2.19. The number of nitrogens with two attached hydrogens (primary N) is 1. The first kappa shape index (κ1) is 16.1. The number of carbonyl (C=O) groups excluding carboxylic acids is 1. The first-order valence-corrected chi connectivity index (χ1v) is 7.45. The Bertz CT molecular complexity index is 636. The smallest absolute Gasteiger partial charge is 0.238 e. The fourth-order valence-electron chi connectivity index (χ4n) is 1.50. The van der Waals surface area contributed by atoms with Crippen LogP contribution in [0.25, 0.3) is 0 Å². The minimum atomic E-state index is -3.94. The molecule has 108 valence electrons. The molecule has 0 aliphatic rings. The molecule has 0 aliphatic heterocycles. The number of hydrogen-bond donors (Lipinski definition) is 2. The molecule has 1 amide bonds. The Hall–Kier alpha value is -1.91. The molecule has 0 aliphatic carbocycles. The number of primary sulfonamides is 1. The zero-order valence-electron chi connectivity index (χ0n) is 10.7. The highest BCUT2D eigenvalue weighted by Gasteiger charge is 2.13. The Morgan fingerprint density at radius 1 is 1.40 bits per heavy atom. The summed E-state index contributed by atoms with van der Waals surface area (Å²) in [6.45, 7) is 0. The second-order valence-corrected chi connectivity index (χ2v) is 5.71. The molecule has 0 aromatic heterocycles. The summed E-state index contributed by atoms with van der Waals surface area (Å²) < 4.78 is 35.8. The largest absolute Gasteiger partial charge is 0.324 e. The van der Waals surface area contributed by atoms with Crippen LogP contribution in [0.3, 0.4) is 0 Å². The van der Waals surface area contributed by atoms with Gasteiger partial charge in [0.15, 0.2) is 0 Å². The first-order chi connectivity index (χ1) is 9.34. The lowest BCUT2D eigenvalue weighted by atomic mass is 10.2. The Balaban J connectivity index is 2.72. The van der Waals surface area contributed by atoms with Crippen LogP contribution in [0.2, 0.25) is 0 Å². The van der Waals surface area contributed by atoms with Crippen LogP contribution < -0.4 is 10.5 Å². The van der Waals surface area contributed by atoms with Crippen molar-refractivity contribution in [2.45, 2.75) is 30.6 Å². The van der Waals surface area contributed by atoms with Gasteiger partial charge in [-0.05, 0) is 31.0 Å². The third-order valence-electron chi connectivity index (χ3n) is 2.52. The van der Waals surface area contributed by atoms with Crippen molar-refractivity contribution in [2.24, 2.45) is 5.14 Å². The molecule has 1 aromatic rings. The van der Waals surface area contributed by atoms with E-state index in [0.717, 1.165) is 18.2 Å². The fraction of sp³-hybridized carbons (Fsp3) is 0.308. The van der Waals surface area contributed by atoms with Crippen molar-refractivity contribution in [1.29, 1.82) is 0 Å². The molecule has 0 unspecified atom stereocenters. The maximum Gasteiger partial charge on any atom is 0.238 e. The second kappa shape index (κ2) is 7.03. The summed E-state index contributed by atoms with van der Waals surface area (Å²) in [6.07, 6.45) is 7.10. The van der Waals surface area contributed by atoms with E-state index in [4.69, 9.17) is 11.6 Å². The minimum absolute atomic E-state index is 0.181. The molecule has 0 saturated heterocycles. The topological polar surface area (TPSA) is 89.3 Å². The van der Waals surface area contributed by atoms with E-state index in [1.165, 1.54) is 0 Å². The highest BCUT2D eigenvalue weighted by atomic mass is 32.2. The molecule has 0 saturated carbocycles. The van der Waals surface area contributed by atoms with Crippen molar-refractivity contribution < 1.29 is 17.6 Å². The number of hydrogen-bond acceptors (Lipinski definition) is 3. The molecule has 0 atom stereocenters. The Labute approximate surface area is 117 Å². The lowest BCUT2D eigenvalue weighted by Gasteiger charge is -2.07. The molecule has 0 heterocycles. The maximum atomic E-state index is 13.5. The van der Waals surface area contributed by atoms with Crippen molar-refractivity contribution in [3.63, 3.8) is 0 Å². The molecule has 0 spiro atoms. The number of halogens is 1. The Morgan fingerprint density at radius 3 is 2.70 bits per heavy atom. The molecule has 1 rings (SSSR count). The van der Waals surface area contributed by atoms with Gasteiger partial charge in [0.05, 0.1) is 10.6 Å². The van der Waals surface area contributed by atoms with Crippen LogP contribution in [-0.2, 0) is 14.8 Å². The molecule has 20 heavy (non-hydrogen) atoms. The molecule has 3 N–H and O–H groups in total. The Kier molecular flexibility index (Phi) is 5.67. The average molecular weight is 298 g/mol. The Morgan fingerprint density at radius 2 is 2.10 bits per heavy atom. The summed E-state index contributed by atoms with van der Waals surface area (Å²) in [7, 11) is -3.94. The van der Waals surface area contributed by atoms with E-state index < -0.39 is 21.7 Å². The summed E-state index contributed by atoms with van der Waals surface area (Å²) in [4.78, 5) is 11.3. The van der Waals surface area contributed by atoms with E-state index in [-0.39, 0.29) is 17.0 Å². The number of nitrogens with one attached hydrogen (secondary N) is 1. The van der Waals surface area contributed by atoms with Gasteiger partial charge in [0.25, 0.3) is 0 Å². The number of amides is 1. The van der Waals surface area contributed by atoms with Crippen molar-refractivity contribution in [2.75, 3.05) is 5.32 Å².